The van der Waals surface area contributed by atoms with Gasteiger partial charge in [0.2, 0.25) is 10.0 Å². The van der Waals surface area contributed by atoms with Crippen LogP contribution < -0.4 is 10.5 Å². The molecule has 0 aliphatic rings. The van der Waals surface area contributed by atoms with E-state index in [0.717, 1.165) is 6.07 Å². The monoisotopic (exact) mass is 304 g/mol. The number of nitrogens with two attached hydrogens (primary N) is 1. The number of aromatic nitrogens is 2. The molecule has 0 fully saturated rings. The molecule has 1 aromatic carbocycles. The molecular weight excluding hydrogens is 295 g/mol. The number of H-pyrrole nitrogens is 1. The summed E-state index contributed by atoms with van der Waals surface area (Å²) < 4.78 is 39.7. The molecule has 9 heteroatoms. The van der Waals surface area contributed by atoms with Crippen molar-refractivity contribution in [2.24, 2.45) is 0 Å². The van der Waals surface area contributed by atoms with E-state index < -0.39 is 20.7 Å². The molecule has 6 nitrogen and oxygen atoms in total. The van der Waals surface area contributed by atoms with Crippen LogP contribution in [0.15, 0.2) is 29.3 Å². The summed E-state index contributed by atoms with van der Waals surface area (Å²) in [7, 11) is -4.01. The summed E-state index contributed by atoms with van der Waals surface area (Å²) in [5, 5.41) is 5.85. The SMILES string of the molecule is Nc1[nH]ncc1CNS(=O)(=O)c1cccc(Cl)c1F. The lowest BCUT2D eigenvalue weighted by Gasteiger charge is -2.07. The largest absolute Gasteiger partial charge is 0.384 e. The predicted octanol–water partition coefficient (Wildman–Crippen LogP) is 1.26. The summed E-state index contributed by atoms with van der Waals surface area (Å²) in [5.74, 6) is -0.744. The van der Waals surface area contributed by atoms with Gasteiger partial charge in [0.25, 0.3) is 0 Å². The van der Waals surface area contributed by atoms with Crippen molar-refractivity contribution in [1.82, 2.24) is 14.9 Å². The number of nitrogens with zero attached hydrogens (tertiary/aromatic N) is 1. The zero-order chi connectivity index (χ0) is 14.0. The number of nitrogen functional groups attached to an aromatic ring is 1. The second-order valence-electron chi connectivity index (χ2n) is 3.69. The third-order valence-electron chi connectivity index (χ3n) is 2.41. The minimum absolute atomic E-state index is 0.101. The van der Waals surface area contributed by atoms with Crippen molar-refractivity contribution in [3.05, 3.63) is 40.8 Å². The van der Waals surface area contributed by atoms with E-state index in [1.807, 2.05) is 0 Å². The summed E-state index contributed by atoms with van der Waals surface area (Å²) >= 11 is 5.54. The van der Waals surface area contributed by atoms with Gasteiger partial charge in [-0.25, -0.2) is 17.5 Å². The van der Waals surface area contributed by atoms with Crippen molar-refractivity contribution >= 4 is 27.4 Å². The van der Waals surface area contributed by atoms with Crippen LogP contribution in [0.4, 0.5) is 10.2 Å². The molecule has 1 aromatic heterocycles. The van der Waals surface area contributed by atoms with Crippen LogP contribution in [0.1, 0.15) is 5.56 Å². The number of nitrogens with one attached hydrogen (secondary N) is 2. The Morgan fingerprint density at radius 1 is 1.47 bits per heavy atom. The first-order valence-corrected chi connectivity index (χ1v) is 6.99. The van der Waals surface area contributed by atoms with Crippen LogP contribution >= 0.6 is 11.6 Å². The van der Waals surface area contributed by atoms with Crippen LogP contribution in [0, 0.1) is 5.82 Å². The lowest BCUT2D eigenvalue weighted by Crippen LogP contribution is -2.24. The number of rotatable bonds is 4. The zero-order valence-corrected chi connectivity index (χ0v) is 11.1. The summed E-state index contributed by atoms with van der Waals surface area (Å²) in [4.78, 5) is -0.512. The van der Waals surface area contributed by atoms with Gasteiger partial charge in [-0.3, -0.25) is 5.10 Å². The Morgan fingerprint density at radius 2 is 2.21 bits per heavy atom. The van der Waals surface area contributed by atoms with Gasteiger partial charge in [-0.1, -0.05) is 17.7 Å². The smallest absolute Gasteiger partial charge is 0.243 e. The number of anilines is 1. The first-order valence-electron chi connectivity index (χ1n) is 5.13. The van der Waals surface area contributed by atoms with Gasteiger partial charge in [-0.15, -0.1) is 0 Å². The van der Waals surface area contributed by atoms with E-state index >= 15 is 0 Å². The highest BCUT2D eigenvalue weighted by molar-refractivity contribution is 7.89. The molecule has 19 heavy (non-hydrogen) atoms. The molecular formula is C10H10ClFN4O2S. The summed E-state index contributed by atoms with van der Waals surface area (Å²) in [6, 6.07) is 3.75. The minimum atomic E-state index is -4.01. The highest BCUT2D eigenvalue weighted by Crippen LogP contribution is 2.22. The fraction of sp³-hybridized carbons (Fsp3) is 0.100. The maximum Gasteiger partial charge on any atom is 0.243 e. The molecule has 0 saturated heterocycles. The lowest BCUT2D eigenvalue weighted by molar-refractivity contribution is 0.557. The molecule has 102 valence electrons. The van der Waals surface area contributed by atoms with Crippen molar-refractivity contribution in [1.29, 1.82) is 0 Å². The van der Waals surface area contributed by atoms with E-state index in [4.69, 9.17) is 17.3 Å². The number of halogens is 2. The first-order chi connectivity index (χ1) is 8.92. The van der Waals surface area contributed by atoms with E-state index in [0.29, 0.717) is 5.56 Å². The van der Waals surface area contributed by atoms with Crippen LogP contribution in [0.2, 0.25) is 5.02 Å². The maximum atomic E-state index is 13.6. The summed E-state index contributed by atoms with van der Waals surface area (Å²) in [6.45, 7) is -0.101. The Morgan fingerprint density at radius 3 is 2.84 bits per heavy atom. The van der Waals surface area contributed by atoms with Gasteiger partial charge in [-0.2, -0.15) is 5.10 Å². The maximum absolute atomic E-state index is 13.6. The number of sulfonamides is 1. The average molecular weight is 305 g/mol. The molecule has 0 aliphatic heterocycles. The van der Waals surface area contributed by atoms with Crippen LogP contribution in [-0.2, 0) is 16.6 Å². The Bertz CT molecular complexity index is 701. The first kappa shape index (κ1) is 13.8. The highest BCUT2D eigenvalue weighted by Gasteiger charge is 2.20. The molecule has 1 heterocycles. The van der Waals surface area contributed by atoms with E-state index in [1.165, 1.54) is 18.3 Å². The predicted molar refractivity (Wildman–Crippen MR) is 68.4 cm³/mol. The van der Waals surface area contributed by atoms with E-state index in [-0.39, 0.29) is 17.4 Å². The Balaban J connectivity index is 2.24. The van der Waals surface area contributed by atoms with Crippen LogP contribution in [0.5, 0.6) is 0 Å². The van der Waals surface area contributed by atoms with Gasteiger partial charge in [0.1, 0.15) is 10.7 Å². The second kappa shape index (κ2) is 5.16. The van der Waals surface area contributed by atoms with Gasteiger partial charge in [0, 0.05) is 12.1 Å². The minimum Gasteiger partial charge on any atom is -0.384 e. The summed E-state index contributed by atoms with van der Waals surface area (Å²) in [5.41, 5.74) is 5.98. The molecule has 0 saturated carbocycles. The van der Waals surface area contributed by atoms with E-state index in [2.05, 4.69) is 14.9 Å². The van der Waals surface area contributed by atoms with Gasteiger partial charge >= 0.3 is 0 Å². The molecule has 4 N–H and O–H groups in total. The van der Waals surface area contributed by atoms with Crippen molar-refractivity contribution in [3.8, 4) is 0 Å². The third kappa shape index (κ3) is 2.86. The Hall–Kier alpha value is -1.64. The normalized spacial score (nSPS) is 11.7. The molecule has 0 amide bonds. The van der Waals surface area contributed by atoms with Gasteiger partial charge in [0.15, 0.2) is 5.82 Å². The highest BCUT2D eigenvalue weighted by atomic mass is 35.5. The van der Waals surface area contributed by atoms with Gasteiger partial charge < -0.3 is 5.73 Å². The van der Waals surface area contributed by atoms with E-state index in [9.17, 15) is 12.8 Å². The molecule has 0 bridgehead atoms. The second-order valence-corrected chi connectivity index (χ2v) is 5.83. The molecule has 0 atom stereocenters. The number of aromatic amines is 1. The van der Waals surface area contributed by atoms with Crippen molar-refractivity contribution in [2.45, 2.75) is 11.4 Å². The lowest BCUT2D eigenvalue weighted by atomic mass is 10.3. The Labute approximate surface area is 113 Å². The van der Waals surface area contributed by atoms with Crippen molar-refractivity contribution in [2.75, 3.05) is 5.73 Å². The molecule has 0 unspecified atom stereocenters. The van der Waals surface area contributed by atoms with Gasteiger partial charge in [0.05, 0.1) is 11.2 Å². The molecule has 2 rings (SSSR count). The standard InChI is InChI=1S/C10H10ClFN4O2S/c11-7-2-1-3-8(9(7)12)19(17,18)15-5-6-4-14-16-10(6)13/h1-4,15H,5H2,(H3,13,14,16). The molecule has 0 spiro atoms. The van der Waals surface area contributed by atoms with Gasteiger partial charge in [-0.05, 0) is 12.1 Å². The fourth-order valence-electron chi connectivity index (χ4n) is 1.40. The molecule has 0 aliphatic carbocycles. The number of hydrogen-bond donors (Lipinski definition) is 3. The fourth-order valence-corrected chi connectivity index (χ4v) is 2.74. The van der Waals surface area contributed by atoms with Crippen molar-refractivity contribution in [3.63, 3.8) is 0 Å². The number of hydrogen-bond acceptors (Lipinski definition) is 4. The average Bonchev–Trinajstić information content (AvgIpc) is 2.76. The summed E-state index contributed by atoms with van der Waals surface area (Å²) in [6.07, 6.45) is 1.38. The zero-order valence-electron chi connectivity index (χ0n) is 9.52. The third-order valence-corrected chi connectivity index (χ3v) is 4.12. The quantitative estimate of drug-likeness (QED) is 0.791. The van der Waals surface area contributed by atoms with Crippen molar-refractivity contribution < 1.29 is 12.8 Å². The van der Waals surface area contributed by atoms with Crippen LogP contribution in [0.3, 0.4) is 0 Å². The number of benzene rings is 1. The molecule has 0 radical (unpaired) electrons. The topological polar surface area (TPSA) is 101 Å². The van der Waals surface area contributed by atoms with Crippen LogP contribution in [-0.4, -0.2) is 18.6 Å². The van der Waals surface area contributed by atoms with Crippen LogP contribution in [0.25, 0.3) is 0 Å². The molecule has 2 aromatic rings. The Kier molecular flexibility index (Phi) is 3.74. The van der Waals surface area contributed by atoms with E-state index in [1.54, 1.807) is 0 Å².